The molecule has 0 bridgehead atoms. The van der Waals surface area contributed by atoms with E-state index in [9.17, 15) is 0 Å². The summed E-state index contributed by atoms with van der Waals surface area (Å²) >= 11 is 2.07. The normalized spacial score (nSPS) is 23.8. The van der Waals surface area contributed by atoms with Gasteiger partial charge in [0.1, 0.15) is 0 Å². The largest absolute Gasteiger partial charge is 0.316 e. The molecule has 0 saturated carbocycles. The van der Waals surface area contributed by atoms with Gasteiger partial charge in [-0.05, 0) is 51.1 Å². The van der Waals surface area contributed by atoms with E-state index < -0.39 is 0 Å². The second kappa shape index (κ2) is 8.37. The molecule has 0 aromatic carbocycles. The molecule has 0 aromatic rings. The van der Waals surface area contributed by atoms with Crippen molar-refractivity contribution in [1.82, 2.24) is 10.2 Å². The van der Waals surface area contributed by atoms with Crippen molar-refractivity contribution in [3.63, 3.8) is 0 Å². The molecule has 0 aromatic heterocycles. The molecule has 1 saturated heterocycles. The van der Waals surface area contributed by atoms with Crippen LogP contribution in [0.3, 0.4) is 0 Å². The summed E-state index contributed by atoms with van der Waals surface area (Å²) in [5, 5.41) is 3.55. The predicted octanol–water partition coefficient (Wildman–Crippen LogP) is 2.45. The van der Waals surface area contributed by atoms with Crippen LogP contribution >= 0.6 is 11.8 Å². The SMILES string of the molecule is CCCNCC1CCN(C(C)CSCC)C1. The molecule has 1 aliphatic rings. The molecular formula is C13H28N2S. The minimum absolute atomic E-state index is 0.765. The quantitative estimate of drug-likeness (QED) is 0.660. The Morgan fingerprint density at radius 3 is 2.94 bits per heavy atom. The van der Waals surface area contributed by atoms with Gasteiger partial charge in [-0.15, -0.1) is 0 Å². The zero-order valence-corrected chi connectivity index (χ0v) is 12.0. The Balaban J connectivity index is 2.13. The first-order valence-corrected chi connectivity index (χ1v) is 7.95. The molecule has 16 heavy (non-hydrogen) atoms. The van der Waals surface area contributed by atoms with Crippen molar-refractivity contribution in [2.24, 2.45) is 5.92 Å². The van der Waals surface area contributed by atoms with Crippen molar-refractivity contribution < 1.29 is 0 Å². The van der Waals surface area contributed by atoms with Gasteiger partial charge in [0, 0.05) is 18.3 Å². The van der Waals surface area contributed by atoms with Crippen LogP contribution in [0.2, 0.25) is 0 Å². The molecule has 0 aliphatic carbocycles. The number of thioether (sulfide) groups is 1. The van der Waals surface area contributed by atoms with Crippen LogP contribution < -0.4 is 5.32 Å². The number of hydrogen-bond acceptors (Lipinski definition) is 3. The highest BCUT2D eigenvalue weighted by atomic mass is 32.2. The topological polar surface area (TPSA) is 15.3 Å². The van der Waals surface area contributed by atoms with Crippen LogP contribution in [0.1, 0.15) is 33.6 Å². The van der Waals surface area contributed by atoms with Crippen molar-refractivity contribution >= 4 is 11.8 Å². The van der Waals surface area contributed by atoms with Gasteiger partial charge in [0.15, 0.2) is 0 Å². The van der Waals surface area contributed by atoms with Crippen molar-refractivity contribution in [2.75, 3.05) is 37.7 Å². The van der Waals surface area contributed by atoms with Crippen molar-refractivity contribution in [3.05, 3.63) is 0 Å². The van der Waals surface area contributed by atoms with E-state index in [1.807, 2.05) is 0 Å². The summed E-state index contributed by atoms with van der Waals surface area (Å²) in [5.41, 5.74) is 0. The Morgan fingerprint density at radius 2 is 2.25 bits per heavy atom. The molecule has 1 aliphatic heterocycles. The van der Waals surface area contributed by atoms with Gasteiger partial charge >= 0.3 is 0 Å². The van der Waals surface area contributed by atoms with Crippen LogP contribution in [-0.2, 0) is 0 Å². The first kappa shape index (κ1) is 14.3. The van der Waals surface area contributed by atoms with E-state index in [1.54, 1.807) is 0 Å². The fourth-order valence-corrected chi connectivity index (χ4v) is 3.09. The van der Waals surface area contributed by atoms with Crippen molar-refractivity contribution in [2.45, 2.75) is 39.7 Å². The van der Waals surface area contributed by atoms with Gasteiger partial charge in [-0.1, -0.05) is 13.8 Å². The molecule has 1 fully saturated rings. The highest BCUT2D eigenvalue weighted by Crippen LogP contribution is 2.19. The van der Waals surface area contributed by atoms with Crippen molar-refractivity contribution in [3.8, 4) is 0 Å². The van der Waals surface area contributed by atoms with Crippen molar-refractivity contribution in [1.29, 1.82) is 0 Å². The van der Waals surface area contributed by atoms with Crippen LogP contribution in [0.25, 0.3) is 0 Å². The fourth-order valence-electron chi connectivity index (χ4n) is 2.31. The highest BCUT2D eigenvalue weighted by molar-refractivity contribution is 7.99. The molecule has 3 heteroatoms. The zero-order valence-electron chi connectivity index (χ0n) is 11.2. The lowest BCUT2D eigenvalue weighted by Gasteiger charge is -2.24. The summed E-state index contributed by atoms with van der Waals surface area (Å²) in [7, 11) is 0. The number of nitrogens with zero attached hydrogens (tertiary/aromatic N) is 1. The fraction of sp³-hybridized carbons (Fsp3) is 1.00. The number of nitrogens with one attached hydrogen (secondary N) is 1. The summed E-state index contributed by atoms with van der Waals surface area (Å²) in [6.45, 7) is 11.9. The molecule has 0 amide bonds. The summed E-state index contributed by atoms with van der Waals surface area (Å²) in [5.74, 6) is 3.44. The van der Waals surface area contributed by atoms with E-state index in [1.165, 1.54) is 50.5 Å². The summed E-state index contributed by atoms with van der Waals surface area (Å²) in [4.78, 5) is 2.67. The van der Waals surface area contributed by atoms with Crippen LogP contribution in [0.15, 0.2) is 0 Å². The number of hydrogen-bond donors (Lipinski definition) is 1. The second-order valence-electron chi connectivity index (χ2n) is 4.86. The third kappa shape index (κ3) is 5.07. The first-order chi connectivity index (χ1) is 7.77. The Labute approximate surface area is 106 Å². The monoisotopic (exact) mass is 244 g/mol. The van der Waals surface area contributed by atoms with Crippen LogP contribution in [-0.4, -0.2) is 48.6 Å². The minimum Gasteiger partial charge on any atom is -0.316 e. The molecule has 1 rings (SSSR count). The van der Waals surface area contributed by atoms with Crippen LogP contribution in [0, 0.1) is 5.92 Å². The van der Waals surface area contributed by atoms with E-state index in [0.29, 0.717) is 0 Å². The Morgan fingerprint density at radius 1 is 1.44 bits per heavy atom. The first-order valence-electron chi connectivity index (χ1n) is 6.80. The summed E-state index contributed by atoms with van der Waals surface area (Å²) in [6.07, 6.45) is 2.64. The molecule has 1 N–H and O–H groups in total. The van der Waals surface area contributed by atoms with E-state index in [4.69, 9.17) is 0 Å². The summed E-state index contributed by atoms with van der Waals surface area (Å²) in [6, 6.07) is 0.765. The van der Waals surface area contributed by atoms with Gasteiger partial charge in [-0.2, -0.15) is 11.8 Å². The third-order valence-corrected chi connectivity index (χ3v) is 4.49. The molecule has 0 radical (unpaired) electrons. The van der Waals surface area contributed by atoms with Gasteiger partial charge in [0.2, 0.25) is 0 Å². The van der Waals surface area contributed by atoms with E-state index in [0.717, 1.165) is 12.0 Å². The lowest BCUT2D eigenvalue weighted by atomic mass is 10.1. The maximum absolute atomic E-state index is 3.55. The molecule has 2 nitrogen and oxygen atoms in total. The number of rotatable bonds is 8. The van der Waals surface area contributed by atoms with Crippen LogP contribution in [0.5, 0.6) is 0 Å². The molecule has 2 atom stereocenters. The predicted molar refractivity (Wildman–Crippen MR) is 75.3 cm³/mol. The van der Waals surface area contributed by atoms with Gasteiger partial charge in [-0.25, -0.2) is 0 Å². The molecule has 0 spiro atoms. The van der Waals surface area contributed by atoms with Gasteiger partial charge in [0.25, 0.3) is 0 Å². The Kier molecular flexibility index (Phi) is 7.50. The summed E-state index contributed by atoms with van der Waals surface area (Å²) < 4.78 is 0. The second-order valence-corrected chi connectivity index (χ2v) is 6.18. The zero-order chi connectivity index (χ0) is 11.8. The minimum atomic E-state index is 0.765. The molecule has 1 heterocycles. The highest BCUT2D eigenvalue weighted by Gasteiger charge is 2.25. The average molecular weight is 244 g/mol. The maximum atomic E-state index is 3.55. The smallest absolute Gasteiger partial charge is 0.0158 e. The molecular weight excluding hydrogens is 216 g/mol. The van der Waals surface area contributed by atoms with Gasteiger partial charge < -0.3 is 5.32 Å². The Hall–Kier alpha value is 0.270. The standard InChI is InChI=1S/C13H28N2S/c1-4-7-14-9-13-6-8-15(10-13)12(3)11-16-5-2/h12-14H,4-11H2,1-3H3. The average Bonchev–Trinajstić information content (AvgIpc) is 2.75. The molecule has 2 unspecified atom stereocenters. The Bertz CT molecular complexity index is 175. The van der Waals surface area contributed by atoms with Gasteiger partial charge in [-0.3, -0.25) is 4.90 Å². The molecule has 96 valence electrons. The third-order valence-electron chi connectivity index (χ3n) is 3.36. The van der Waals surface area contributed by atoms with Gasteiger partial charge in [0.05, 0.1) is 0 Å². The van der Waals surface area contributed by atoms with E-state index in [-0.39, 0.29) is 0 Å². The lowest BCUT2D eigenvalue weighted by molar-refractivity contribution is 0.267. The lowest BCUT2D eigenvalue weighted by Crippen LogP contribution is -2.34. The van der Waals surface area contributed by atoms with E-state index >= 15 is 0 Å². The van der Waals surface area contributed by atoms with Crippen LogP contribution in [0.4, 0.5) is 0 Å². The number of likely N-dealkylation sites (tertiary alicyclic amines) is 1. The van der Waals surface area contributed by atoms with E-state index in [2.05, 4.69) is 42.7 Å². The maximum Gasteiger partial charge on any atom is 0.0158 e.